The molecule has 0 saturated heterocycles. The van der Waals surface area contributed by atoms with Gasteiger partial charge in [-0.1, -0.05) is 50.2 Å². The molecule has 33 heavy (non-hydrogen) atoms. The van der Waals surface area contributed by atoms with Crippen molar-refractivity contribution in [3.63, 3.8) is 0 Å². The Labute approximate surface area is 193 Å². The summed E-state index contributed by atoms with van der Waals surface area (Å²) >= 11 is 0. The summed E-state index contributed by atoms with van der Waals surface area (Å²) in [6, 6.07) is 20.9. The first-order valence-electron chi connectivity index (χ1n) is 11.3. The van der Waals surface area contributed by atoms with E-state index in [1.165, 1.54) is 0 Å². The summed E-state index contributed by atoms with van der Waals surface area (Å²) in [6.45, 7) is 6.12. The number of benzene rings is 1. The van der Waals surface area contributed by atoms with Gasteiger partial charge in [0.05, 0.1) is 11.9 Å². The van der Waals surface area contributed by atoms with Crippen LogP contribution >= 0.6 is 0 Å². The number of carbonyl (C=O) groups is 2. The largest absolute Gasteiger partial charge is 0.357 e. The maximum Gasteiger partial charge on any atom is 0.298 e. The Bertz CT molecular complexity index is 1240. The number of Topliss-reactive ketones (excluding diaryl/α,β-unsaturated/α-hetero) is 1. The van der Waals surface area contributed by atoms with E-state index in [9.17, 15) is 9.59 Å². The Morgan fingerprint density at radius 1 is 0.939 bits per heavy atom. The van der Waals surface area contributed by atoms with Gasteiger partial charge in [0.25, 0.3) is 11.7 Å². The van der Waals surface area contributed by atoms with E-state index >= 15 is 0 Å². The second kappa shape index (κ2) is 10.1. The zero-order valence-corrected chi connectivity index (χ0v) is 19.0. The number of rotatable bonds is 9. The van der Waals surface area contributed by atoms with Crippen molar-refractivity contribution in [2.45, 2.75) is 26.7 Å². The number of aromatic nitrogens is 2. The van der Waals surface area contributed by atoms with Gasteiger partial charge < -0.3 is 14.6 Å². The van der Waals surface area contributed by atoms with Crippen molar-refractivity contribution < 1.29 is 9.59 Å². The Balaban J connectivity index is 1.60. The van der Waals surface area contributed by atoms with Gasteiger partial charge in [0, 0.05) is 30.4 Å². The summed E-state index contributed by atoms with van der Waals surface area (Å²) < 4.78 is 1.76. The maximum absolute atomic E-state index is 13.3. The number of amides is 1. The van der Waals surface area contributed by atoms with Crippen molar-refractivity contribution in [3.8, 4) is 11.1 Å². The number of fused-ring (bicyclic) bond motifs is 1. The highest BCUT2D eigenvalue weighted by molar-refractivity contribution is 6.47. The van der Waals surface area contributed by atoms with E-state index < -0.39 is 11.7 Å². The van der Waals surface area contributed by atoms with Crippen LogP contribution in [0.3, 0.4) is 0 Å². The molecule has 6 nitrogen and oxygen atoms in total. The molecule has 0 fully saturated rings. The van der Waals surface area contributed by atoms with E-state index in [0.29, 0.717) is 11.4 Å². The molecule has 0 spiro atoms. The molecule has 3 aromatic heterocycles. The van der Waals surface area contributed by atoms with Crippen molar-refractivity contribution in [1.82, 2.24) is 9.38 Å². The number of nitrogens with zero attached hydrogens (tertiary/aromatic N) is 3. The minimum absolute atomic E-state index is 0.343. The van der Waals surface area contributed by atoms with Crippen molar-refractivity contribution in [3.05, 3.63) is 84.8 Å². The predicted octanol–water partition coefficient (Wildman–Crippen LogP) is 5.45. The molecular formula is C27H28N4O2. The summed E-state index contributed by atoms with van der Waals surface area (Å²) in [7, 11) is 0. The second-order valence-corrected chi connectivity index (χ2v) is 7.94. The minimum atomic E-state index is -0.690. The van der Waals surface area contributed by atoms with Crippen LogP contribution in [0.15, 0.2) is 79.1 Å². The van der Waals surface area contributed by atoms with Gasteiger partial charge in [-0.15, -0.1) is 0 Å². The molecule has 1 amide bonds. The normalized spacial score (nSPS) is 10.8. The van der Waals surface area contributed by atoms with Crippen LogP contribution in [-0.2, 0) is 4.79 Å². The Morgan fingerprint density at radius 3 is 2.33 bits per heavy atom. The first-order chi connectivity index (χ1) is 16.1. The van der Waals surface area contributed by atoms with Crippen molar-refractivity contribution in [2.75, 3.05) is 23.3 Å². The molecule has 6 heteroatoms. The number of hydrogen-bond donors (Lipinski definition) is 1. The third-order valence-electron chi connectivity index (χ3n) is 5.50. The molecule has 0 atom stereocenters. The van der Waals surface area contributed by atoms with Gasteiger partial charge in [0.15, 0.2) is 0 Å². The Morgan fingerprint density at radius 2 is 1.67 bits per heavy atom. The van der Waals surface area contributed by atoms with Crippen molar-refractivity contribution in [1.29, 1.82) is 0 Å². The quantitative estimate of drug-likeness (QED) is 0.278. The number of hydrogen-bond acceptors (Lipinski definition) is 4. The summed E-state index contributed by atoms with van der Waals surface area (Å²) in [5.74, 6) is -0.417. The standard InChI is InChI=1S/C27H28N4O2/c1-3-15-30(16-4-2)24-14-13-21(19-28-24)29-27(33)26(32)25-23(20-10-6-5-7-11-20)18-22-12-8-9-17-31(22)25/h5-14,17-19H,3-4,15-16H2,1-2H3,(H,29,33). The lowest BCUT2D eigenvalue weighted by Crippen LogP contribution is -2.26. The fourth-order valence-electron chi connectivity index (χ4n) is 4.02. The minimum Gasteiger partial charge on any atom is -0.357 e. The summed E-state index contributed by atoms with van der Waals surface area (Å²) in [5.41, 5.74) is 3.30. The van der Waals surface area contributed by atoms with Crippen LogP contribution in [0.4, 0.5) is 11.5 Å². The van der Waals surface area contributed by atoms with Crippen LogP contribution in [0.25, 0.3) is 16.6 Å². The van der Waals surface area contributed by atoms with Gasteiger partial charge >= 0.3 is 0 Å². The first kappa shape index (κ1) is 22.3. The number of nitrogens with one attached hydrogen (secondary N) is 1. The van der Waals surface area contributed by atoms with Crippen LogP contribution in [0, 0.1) is 0 Å². The molecule has 4 aromatic rings. The monoisotopic (exact) mass is 440 g/mol. The highest BCUT2D eigenvalue weighted by Gasteiger charge is 2.25. The molecule has 3 heterocycles. The molecule has 0 saturated carbocycles. The molecule has 4 rings (SSSR count). The van der Waals surface area contributed by atoms with E-state index in [0.717, 1.165) is 48.4 Å². The molecule has 0 aliphatic rings. The molecular weight excluding hydrogens is 412 g/mol. The topological polar surface area (TPSA) is 66.7 Å². The molecule has 1 N–H and O–H groups in total. The summed E-state index contributed by atoms with van der Waals surface area (Å²) in [5, 5.41) is 2.72. The average Bonchev–Trinajstić information content (AvgIpc) is 3.24. The van der Waals surface area contributed by atoms with Crippen LogP contribution in [0.5, 0.6) is 0 Å². The lowest BCUT2D eigenvalue weighted by atomic mass is 10.0. The van der Waals surface area contributed by atoms with Crippen LogP contribution in [-0.4, -0.2) is 34.2 Å². The highest BCUT2D eigenvalue weighted by Crippen LogP contribution is 2.28. The first-order valence-corrected chi connectivity index (χ1v) is 11.3. The van der Waals surface area contributed by atoms with E-state index in [1.54, 1.807) is 22.9 Å². The highest BCUT2D eigenvalue weighted by atomic mass is 16.2. The zero-order chi connectivity index (χ0) is 23.2. The molecule has 0 bridgehead atoms. The van der Waals surface area contributed by atoms with Gasteiger partial charge in [0.2, 0.25) is 0 Å². The molecule has 0 radical (unpaired) electrons. The lowest BCUT2D eigenvalue weighted by Gasteiger charge is -2.22. The second-order valence-electron chi connectivity index (χ2n) is 7.94. The lowest BCUT2D eigenvalue weighted by molar-refractivity contribution is -0.112. The Hall–Kier alpha value is -3.93. The smallest absolute Gasteiger partial charge is 0.298 e. The van der Waals surface area contributed by atoms with Crippen LogP contribution in [0.2, 0.25) is 0 Å². The fraction of sp³-hybridized carbons (Fsp3) is 0.222. The third kappa shape index (κ3) is 4.80. The predicted molar refractivity (Wildman–Crippen MR) is 133 cm³/mol. The number of carbonyl (C=O) groups excluding carboxylic acids is 2. The van der Waals surface area contributed by atoms with Gasteiger partial charge in [-0.05, 0) is 48.7 Å². The summed E-state index contributed by atoms with van der Waals surface area (Å²) in [6.07, 6.45) is 5.47. The average molecular weight is 441 g/mol. The van der Waals surface area contributed by atoms with Crippen LogP contribution < -0.4 is 10.2 Å². The number of ketones is 1. The Kier molecular flexibility index (Phi) is 6.83. The fourth-order valence-corrected chi connectivity index (χ4v) is 4.02. The molecule has 0 aliphatic carbocycles. The van der Waals surface area contributed by atoms with Gasteiger partial charge in [-0.2, -0.15) is 0 Å². The van der Waals surface area contributed by atoms with Gasteiger partial charge in [-0.3, -0.25) is 9.59 Å². The molecule has 168 valence electrons. The van der Waals surface area contributed by atoms with Gasteiger partial charge in [-0.25, -0.2) is 4.98 Å². The maximum atomic E-state index is 13.3. The van der Waals surface area contributed by atoms with E-state index in [-0.39, 0.29) is 0 Å². The van der Waals surface area contributed by atoms with E-state index in [1.807, 2.05) is 60.7 Å². The number of pyridine rings is 2. The van der Waals surface area contributed by atoms with Gasteiger partial charge in [0.1, 0.15) is 11.5 Å². The van der Waals surface area contributed by atoms with Crippen molar-refractivity contribution >= 4 is 28.7 Å². The van der Waals surface area contributed by atoms with Crippen LogP contribution in [0.1, 0.15) is 37.2 Å². The van der Waals surface area contributed by atoms with E-state index in [2.05, 4.69) is 29.0 Å². The molecule has 0 unspecified atom stereocenters. The van der Waals surface area contributed by atoms with Crippen molar-refractivity contribution in [2.24, 2.45) is 0 Å². The SMILES string of the molecule is CCCN(CCC)c1ccc(NC(=O)C(=O)c2c(-c3ccccc3)cc3ccccn23)cn1. The number of anilines is 2. The summed E-state index contributed by atoms with van der Waals surface area (Å²) in [4.78, 5) is 33.0. The third-order valence-corrected chi connectivity index (χ3v) is 5.50. The molecule has 0 aliphatic heterocycles. The molecule has 1 aromatic carbocycles. The van der Waals surface area contributed by atoms with E-state index in [4.69, 9.17) is 0 Å². The zero-order valence-electron chi connectivity index (χ0n) is 19.0.